The lowest BCUT2D eigenvalue weighted by molar-refractivity contribution is -0.151. The summed E-state index contributed by atoms with van der Waals surface area (Å²) in [5.74, 6) is 0.0368. The first-order valence-corrected chi connectivity index (χ1v) is 14.6. The molecule has 4 heteroatoms. The molecule has 0 bridgehead atoms. The van der Waals surface area contributed by atoms with Crippen molar-refractivity contribution in [1.29, 1.82) is 0 Å². The van der Waals surface area contributed by atoms with Crippen LogP contribution in [-0.4, -0.2) is 28.2 Å². The Bertz CT molecular complexity index is 248. The Balaban J connectivity index is 4.62. The summed E-state index contributed by atoms with van der Waals surface area (Å²) in [4.78, 5) is 12.0. The average molecular weight is 289 g/mol. The van der Waals surface area contributed by atoms with Crippen LogP contribution in [0.5, 0.6) is 0 Å². The van der Waals surface area contributed by atoms with Crippen LogP contribution in [0.2, 0.25) is 51.4 Å². The van der Waals surface area contributed by atoms with Gasteiger partial charge in [-0.25, -0.2) is 0 Å². The Labute approximate surface area is 116 Å². The first kappa shape index (κ1) is 17.9. The van der Waals surface area contributed by atoms with Gasteiger partial charge in [-0.1, -0.05) is 53.1 Å². The molecular formula is C14H32O2Si2. The van der Waals surface area contributed by atoms with Gasteiger partial charge in [0.25, 0.3) is 0 Å². The topological polar surface area (TPSA) is 26.3 Å². The number of carbonyl (C=O) groups excluding carboxylic acids is 1. The molecule has 0 radical (unpaired) electrons. The molecular weight excluding hydrogens is 256 g/mol. The zero-order valence-corrected chi connectivity index (χ0v) is 15.6. The highest BCUT2D eigenvalue weighted by atomic mass is 28.3. The molecule has 0 N–H and O–H groups in total. The smallest absolute Gasteiger partial charge is 0.308 e. The van der Waals surface area contributed by atoms with Crippen molar-refractivity contribution in [3.63, 3.8) is 0 Å². The first-order valence-electron chi connectivity index (χ1n) is 7.15. The van der Waals surface area contributed by atoms with E-state index >= 15 is 0 Å². The second kappa shape index (κ2) is 6.89. The van der Waals surface area contributed by atoms with Gasteiger partial charge in [0, 0.05) is 16.1 Å². The third kappa shape index (κ3) is 8.92. The molecule has 1 unspecified atom stereocenters. The molecule has 0 amide bonds. The van der Waals surface area contributed by atoms with Crippen LogP contribution in [0.15, 0.2) is 0 Å². The van der Waals surface area contributed by atoms with E-state index in [1.54, 1.807) is 0 Å². The summed E-state index contributed by atoms with van der Waals surface area (Å²) in [5, 5.41) is 0. The summed E-state index contributed by atoms with van der Waals surface area (Å²) < 4.78 is 5.79. The third-order valence-corrected chi connectivity index (χ3v) is 6.34. The van der Waals surface area contributed by atoms with Gasteiger partial charge in [-0.15, -0.1) is 0 Å². The molecule has 1 atom stereocenters. The summed E-state index contributed by atoms with van der Waals surface area (Å²) >= 11 is 0. The average Bonchev–Trinajstić information content (AvgIpc) is 2.10. The Morgan fingerprint density at radius 1 is 1.00 bits per heavy atom. The molecule has 0 aromatic heterocycles. The molecule has 0 aromatic carbocycles. The van der Waals surface area contributed by atoms with E-state index in [-0.39, 0.29) is 18.0 Å². The lowest BCUT2D eigenvalue weighted by Gasteiger charge is -2.29. The molecule has 0 rings (SSSR count). The fraction of sp³-hybridized carbons (Fsp3) is 0.929. The van der Waals surface area contributed by atoms with Gasteiger partial charge in [0.2, 0.25) is 0 Å². The monoisotopic (exact) mass is 288 g/mol. The Morgan fingerprint density at radius 3 is 1.67 bits per heavy atom. The van der Waals surface area contributed by atoms with Crippen LogP contribution in [0.25, 0.3) is 0 Å². The summed E-state index contributed by atoms with van der Waals surface area (Å²) in [6.45, 7) is 18.1. The SMILES string of the molecule is CCC(C)C(=O)OC(C[Si](C)(C)C)C[Si](C)(C)C. The molecule has 0 aliphatic carbocycles. The van der Waals surface area contributed by atoms with Gasteiger partial charge in [0.05, 0.1) is 12.0 Å². The summed E-state index contributed by atoms with van der Waals surface area (Å²) in [5.41, 5.74) is 0. The zero-order valence-electron chi connectivity index (χ0n) is 13.6. The van der Waals surface area contributed by atoms with Crippen molar-refractivity contribution in [3.8, 4) is 0 Å². The summed E-state index contributed by atoms with van der Waals surface area (Å²) in [7, 11) is -2.37. The highest BCUT2D eigenvalue weighted by Gasteiger charge is 2.29. The van der Waals surface area contributed by atoms with Crippen LogP contribution in [-0.2, 0) is 9.53 Å². The van der Waals surface area contributed by atoms with Crippen LogP contribution < -0.4 is 0 Å². The molecule has 0 saturated heterocycles. The molecule has 0 saturated carbocycles. The van der Waals surface area contributed by atoms with E-state index in [1.807, 2.05) is 13.8 Å². The predicted molar refractivity (Wildman–Crippen MR) is 85.6 cm³/mol. The number of esters is 1. The van der Waals surface area contributed by atoms with Crippen LogP contribution in [0.4, 0.5) is 0 Å². The van der Waals surface area contributed by atoms with Crippen molar-refractivity contribution in [3.05, 3.63) is 0 Å². The van der Waals surface area contributed by atoms with Gasteiger partial charge in [0.1, 0.15) is 0 Å². The Hall–Kier alpha value is -0.0962. The number of carbonyl (C=O) groups is 1. The van der Waals surface area contributed by atoms with Crippen molar-refractivity contribution in [2.24, 2.45) is 5.92 Å². The second-order valence-corrected chi connectivity index (χ2v) is 19.0. The minimum Gasteiger partial charge on any atom is -0.463 e. The largest absolute Gasteiger partial charge is 0.463 e. The fourth-order valence-electron chi connectivity index (χ4n) is 1.97. The molecule has 0 aliphatic heterocycles. The highest BCUT2D eigenvalue weighted by Crippen LogP contribution is 2.24. The molecule has 0 heterocycles. The minimum absolute atomic E-state index is 0.000926. The molecule has 2 nitrogen and oxygen atoms in total. The van der Waals surface area contributed by atoms with Crippen molar-refractivity contribution >= 4 is 22.1 Å². The maximum Gasteiger partial charge on any atom is 0.308 e. The van der Waals surface area contributed by atoms with Gasteiger partial charge in [-0.2, -0.15) is 0 Å². The van der Waals surface area contributed by atoms with Crippen molar-refractivity contribution in [1.82, 2.24) is 0 Å². The van der Waals surface area contributed by atoms with Crippen LogP contribution in [0.3, 0.4) is 0 Å². The maximum atomic E-state index is 12.0. The highest BCUT2D eigenvalue weighted by molar-refractivity contribution is 6.78. The van der Waals surface area contributed by atoms with Gasteiger partial charge in [0.15, 0.2) is 0 Å². The first-order chi connectivity index (χ1) is 7.94. The van der Waals surface area contributed by atoms with E-state index in [0.29, 0.717) is 0 Å². The molecule has 18 heavy (non-hydrogen) atoms. The second-order valence-electron chi connectivity index (χ2n) is 7.90. The van der Waals surface area contributed by atoms with Crippen molar-refractivity contribution in [2.75, 3.05) is 0 Å². The summed E-state index contributed by atoms with van der Waals surface area (Å²) in [6, 6.07) is 2.19. The quantitative estimate of drug-likeness (QED) is 0.505. The summed E-state index contributed by atoms with van der Waals surface area (Å²) in [6.07, 6.45) is 1.02. The van der Waals surface area contributed by atoms with Gasteiger partial charge in [-0.3, -0.25) is 4.79 Å². The van der Waals surface area contributed by atoms with E-state index < -0.39 is 16.1 Å². The maximum absolute atomic E-state index is 12.0. The van der Waals surface area contributed by atoms with Gasteiger partial charge in [-0.05, 0) is 18.5 Å². The molecule has 0 fully saturated rings. The molecule has 0 aromatic rings. The lowest BCUT2D eigenvalue weighted by atomic mass is 10.1. The number of hydrogen-bond acceptors (Lipinski definition) is 2. The van der Waals surface area contributed by atoms with E-state index in [0.717, 1.165) is 18.5 Å². The van der Waals surface area contributed by atoms with Gasteiger partial charge >= 0.3 is 5.97 Å². The van der Waals surface area contributed by atoms with Crippen molar-refractivity contribution < 1.29 is 9.53 Å². The number of hydrogen-bond donors (Lipinski definition) is 0. The molecule has 0 aliphatic rings. The van der Waals surface area contributed by atoms with Crippen LogP contribution in [0, 0.1) is 5.92 Å². The van der Waals surface area contributed by atoms with E-state index in [4.69, 9.17) is 4.74 Å². The fourth-order valence-corrected chi connectivity index (χ4v) is 5.44. The standard InChI is InChI=1S/C14H32O2Si2/c1-9-12(2)14(15)16-13(10-17(3,4)5)11-18(6,7)8/h12-13H,9-11H2,1-8H3. The number of rotatable bonds is 7. The molecule has 108 valence electrons. The third-order valence-electron chi connectivity index (χ3n) is 2.98. The zero-order chi connectivity index (χ0) is 14.6. The van der Waals surface area contributed by atoms with E-state index in [2.05, 4.69) is 39.3 Å². The van der Waals surface area contributed by atoms with Gasteiger partial charge < -0.3 is 4.74 Å². The lowest BCUT2D eigenvalue weighted by Crippen LogP contribution is -2.36. The Kier molecular flexibility index (Phi) is 6.86. The van der Waals surface area contributed by atoms with E-state index in [1.165, 1.54) is 0 Å². The predicted octanol–water partition coefficient (Wildman–Crippen LogP) is 4.62. The molecule has 0 spiro atoms. The van der Waals surface area contributed by atoms with Crippen molar-refractivity contribution in [2.45, 2.75) is 77.7 Å². The van der Waals surface area contributed by atoms with Crippen LogP contribution >= 0.6 is 0 Å². The number of ether oxygens (including phenoxy) is 1. The van der Waals surface area contributed by atoms with E-state index in [9.17, 15) is 4.79 Å². The Morgan fingerprint density at radius 2 is 1.39 bits per heavy atom. The minimum atomic E-state index is -1.19. The normalized spacial score (nSPS) is 14.7. The van der Waals surface area contributed by atoms with Crippen LogP contribution in [0.1, 0.15) is 20.3 Å².